The molecular formula is C15H18O4. The summed E-state index contributed by atoms with van der Waals surface area (Å²) in [6.45, 7) is 1.51. The predicted molar refractivity (Wildman–Crippen MR) is 69.2 cm³/mol. The summed E-state index contributed by atoms with van der Waals surface area (Å²) >= 11 is 0. The van der Waals surface area contributed by atoms with Crippen molar-refractivity contribution in [1.29, 1.82) is 0 Å². The van der Waals surface area contributed by atoms with Gasteiger partial charge in [-0.3, -0.25) is 4.79 Å². The average Bonchev–Trinajstić information content (AvgIpc) is 2.90. The SMILES string of the molecule is O=C(OCC1CCCCO1)C1COc2ccccc21. The zero-order chi connectivity index (χ0) is 13.1. The second kappa shape index (κ2) is 5.61. The van der Waals surface area contributed by atoms with Crippen LogP contribution in [0.3, 0.4) is 0 Å². The number of esters is 1. The summed E-state index contributed by atoms with van der Waals surface area (Å²) in [6, 6.07) is 7.62. The molecule has 0 saturated carbocycles. The van der Waals surface area contributed by atoms with Gasteiger partial charge in [0.25, 0.3) is 0 Å². The smallest absolute Gasteiger partial charge is 0.317 e. The Morgan fingerprint density at radius 3 is 3.05 bits per heavy atom. The van der Waals surface area contributed by atoms with Crippen molar-refractivity contribution >= 4 is 5.97 Å². The first-order chi connectivity index (χ1) is 9.34. The molecule has 0 spiro atoms. The van der Waals surface area contributed by atoms with E-state index in [1.807, 2.05) is 24.3 Å². The van der Waals surface area contributed by atoms with Crippen molar-refractivity contribution in [3.8, 4) is 5.75 Å². The van der Waals surface area contributed by atoms with Crippen LogP contribution in [0.2, 0.25) is 0 Å². The van der Waals surface area contributed by atoms with Gasteiger partial charge in [0.1, 0.15) is 24.9 Å². The van der Waals surface area contributed by atoms with Crippen LogP contribution in [-0.4, -0.2) is 31.9 Å². The molecule has 1 saturated heterocycles. The van der Waals surface area contributed by atoms with E-state index in [1.165, 1.54) is 0 Å². The summed E-state index contributed by atoms with van der Waals surface area (Å²) < 4.78 is 16.4. The van der Waals surface area contributed by atoms with Crippen LogP contribution in [0.1, 0.15) is 30.7 Å². The van der Waals surface area contributed by atoms with Crippen LogP contribution >= 0.6 is 0 Å². The fourth-order valence-corrected chi connectivity index (χ4v) is 2.57. The molecule has 0 N–H and O–H groups in total. The van der Waals surface area contributed by atoms with E-state index in [9.17, 15) is 4.79 Å². The summed E-state index contributed by atoms with van der Waals surface area (Å²) in [7, 11) is 0. The molecule has 2 unspecified atom stereocenters. The lowest BCUT2D eigenvalue weighted by Gasteiger charge is -2.22. The van der Waals surface area contributed by atoms with Gasteiger partial charge < -0.3 is 14.2 Å². The number of rotatable bonds is 3. The third kappa shape index (κ3) is 2.73. The maximum Gasteiger partial charge on any atom is 0.317 e. The van der Waals surface area contributed by atoms with E-state index >= 15 is 0 Å². The molecule has 2 atom stereocenters. The number of para-hydroxylation sites is 1. The van der Waals surface area contributed by atoms with Gasteiger partial charge in [-0.15, -0.1) is 0 Å². The lowest BCUT2D eigenvalue weighted by atomic mass is 10.0. The molecule has 0 aliphatic carbocycles. The Balaban J connectivity index is 1.56. The minimum absolute atomic E-state index is 0.0651. The molecule has 4 heteroatoms. The lowest BCUT2D eigenvalue weighted by Crippen LogP contribution is -2.28. The number of carbonyl (C=O) groups is 1. The third-order valence-corrected chi connectivity index (χ3v) is 3.67. The van der Waals surface area contributed by atoms with Crippen molar-refractivity contribution in [2.75, 3.05) is 19.8 Å². The number of ether oxygens (including phenoxy) is 3. The largest absolute Gasteiger partial charge is 0.492 e. The average molecular weight is 262 g/mol. The van der Waals surface area contributed by atoms with Gasteiger partial charge in [-0.25, -0.2) is 0 Å². The molecule has 0 bridgehead atoms. The highest BCUT2D eigenvalue weighted by Crippen LogP contribution is 2.34. The molecule has 1 fully saturated rings. The van der Waals surface area contributed by atoms with Gasteiger partial charge in [-0.1, -0.05) is 18.2 Å². The standard InChI is InChI=1S/C15H18O4/c16-15(19-9-11-5-3-4-8-17-11)13-10-18-14-7-2-1-6-12(13)14/h1-2,6-7,11,13H,3-5,8-10H2. The zero-order valence-electron chi connectivity index (χ0n) is 10.8. The Labute approximate surface area is 112 Å². The summed E-state index contributed by atoms with van der Waals surface area (Å²) in [6.07, 6.45) is 3.30. The van der Waals surface area contributed by atoms with Crippen LogP contribution in [0.25, 0.3) is 0 Å². The van der Waals surface area contributed by atoms with Crippen molar-refractivity contribution in [3.05, 3.63) is 29.8 Å². The fourth-order valence-electron chi connectivity index (χ4n) is 2.57. The lowest BCUT2D eigenvalue weighted by molar-refractivity contribution is -0.151. The van der Waals surface area contributed by atoms with Gasteiger partial charge in [0, 0.05) is 12.2 Å². The molecule has 0 aromatic heterocycles. The fraction of sp³-hybridized carbons (Fsp3) is 0.533. The molecule has 2 heterocycles. The first-order valence-corrected chi connectivity index (χ1v) is 6.84. The number of hydrogen-bond acceptors (Lipinski definition) is 4. The highest BCUT2D eigenvalue weighted by atomic mass is 16.6. The van der Waals surface area contributed by atoms with E-state index in [1.54, 1.807) is 0 Å². The molecule has 3 rings (SSSR count). The van der Waals surface area contributed by atoms with E-state index in [2.05, 4.69) is 0 Å². The van der Waals surface area contributed by atoms with Crippen LogP contribution < -0.4 is 4.74 Å². The van der Waals surface area contributed by atoms with E-state index in [0.29, 0.717) is 13.2 Å². The number of benzene rings is 1. The first-order valence-electron chi connectivity index (χ1n) is 6.84. The van der Waals surface area contributed by atoms with E-state index < -0.39 is 0 Å². The van der Waals surface area contributed by atoms with E-state index in [4.69, 9.17) is 14.2 Å². The molecule has 102 valence electrons. The number of hydrogen-bond donors (Lipinski definition) is 0. The van der Waals surface area contributed by atoms with Gasteiger partial charge in [-0.05, 0) is 25.3 Å². The molecule has 0 radical (unpaired) electrons. The number of carbonyl (C=O) groups excluding carboxylic acids is 1. The topological polar surface area (TPSA) is 44.8 Å². The Morgan fingerprint density at radius 1 is 1.32 bits per heavy atom. The van der Waals surface area contributed by atoms with Crippen LogP contribution in [0.15, 0.2) is 24.3 Å². The van der Waals surface area contributed by atoms with Gasteiger partial charge in [0.2, 0.25) is 0 Å². The Morgan fingerprint density at radius 2 is 2.21 bits per heavy atom. The Kier molecular flexibility index (Phi) is 3.69. The second-order valence-electron chi connectivity index (χ2n) is 5.02. The molecule has 2 aliphatic heterocycles. The second-order valence-corrected chi connectivity index (χ2v) is 5.02. The minimum Gasteiger partial charge on any atom is -0.492 e. The summed E-state index contributed by atoms with van der Waals surface area (Å²) in [4.78, 5) is 12.1. The molecule has 19 heavy (non-hydrogen) atoms. The maximum absolute atomic E-state index is 12.1. The normalized spacial score (nSPS) is 25.5. The van der Waals surface area contributed by atoms with Gasteiger partial charge >= 0.3 is 5.97 Å². The highest BCUT2D eigenvalue weighted by Gasteiger charge is 2.31. The minimum atomic E-state index is -0.292. The van der Waals surface area contributed by atoms with Gasteiger partial charge in [0.05, 0.1) is 6.10 Å². The van der Waals surface area contributed by atoms with E-state index in [0.717, 1.165) is 37.2 Å². The van der Waals surface area contributed by atoms with Gasteiger partial charge in [-0.2, -0.15) is 0 Å². The van der Waals surface area contributed by atoms with E-state index in [-0.39, 0.29) is 18.0 Å². The maximum atomic E-state index is 12.1. The molecule has 1 aromatic rings. The highest BCUT2D eigenvalue weighted by molar-refractivity contribution is 5.80. The number of fused-ring (bicyclic) bond motifs is 1. The molecule has 2 aliphatic rings. The first kappa shape index (κ1) is 12.5. The summed E-state index contributed by atoms with van der Waals surface area (Å²) in [5, 5.41) is 0. The van der Waals surface area contributed by atoms with Gasteiger partial charge in [0.15, 0.2) is 0 Å². The molecule has 1 aromatic carbocycles. The third-order valence-electron chi connectivity index (χ3n) is 3.67. The molecule has 0 amide bonds. The van der Waals surface area contributed by atoms with Crippen molar-refractivity contribution in [1.82, 2.24) is 0 Å². The van der Waals surface area contributed by atoms with Crippen molar-refractivity contribution in [2.24, 2.45) is 0 Å². The summed E-state index contributed by atoms with van der Waals surface area (Å²) in [5.41, 5.74) is 0.928. The van der Waals surface area contributed by atoms with Crippen molar-refractivity contribution in [2.45, 2.75) is 31.3 Å². The van der Waals surface area contributed by atoms with Crippen LogP contribution in [0, 0.1) is 0 Å². The molecular weight excluding hydrogens is 244 g/mol. The molecule has 4 nitrogen and oxygen atoms in total. The monoisotopic (exact) mass is 262 g/mol. The summed E-state index contributed by atoms with van der Waals surface area (Å²) in [5.74, 6) is 0.289. The Bertz CT molecular complexity index is 451. The Hall–Kier alpha value is -1.55. The zero-order valence-corrected chi connectivity index (χ0v) is 10.8. The van der Waals surface area contributed by atoms with Crippen LogP contribution in [0.5, 0.6) is 5.75 Å². The van der Waals surface area contributed by atoms with Crippen molar-refractivity contribution in [3.63, 3.8) is 0 Å². The van der Waals surface area contributed by atoms with Crippen LogP contribution in [-0.2, 0) is 14.3 Å². The quantitative estimate of drug-likeness (QED) is 0.784. The predicted octanol–water partition coefficient (Wildman–Crippen LogP) is 2.27. The van der Waals surface area contributed by atoms with Crippen LogP contribution in [0.4, 0.5) is 0 Å². The van der Waals surface area contributed by atoms with Crippen molar-refractivity contribution < 1.29 is 19.0 Å².